The molecule has 0 fully saturated rings. The van der Waals surface area contributed by atoms with Crippen LogP contribution in [0.3, 0.4) is 0 Å². The molecular weight excluding hydrogens is 391 g/mol. The highest BCUT2D eigenvalue weighted by Crippen LogP contribution is 2.23. The van der Waals surface area contributed by atoms with Crippen LogP contribution in [-0.4, -0.2) is 26.4 Å². The van der Waals surface area contributed by atoms with Gasteiger partial charge in [-0.2, -0.15) is 4.98 Å². The molecule has 2 heterocycles. The summed E-state index contributed by atoms with van der Waals surface area (Å²) < 4.78 is 26.8. The first-order chi connectivity index (χ1) is 14.5. The van der Waals surface area contributed by atoms with E-state index in [1.165, 1.54) is 28.4 Å². The van der Waals surface area contributed by atoms with Crippen LogP contribution in [0, 0.1) is 5.82 Å². The predicted molar refractivity (Wildman–Crippen MR) is 108 cm³/mol. The van der Waals surface area contributed by atoms with Gasteiger partial charge in [0.1, 0.15) is 6.54 Å². The number of halogens is 1. The van der Waals surface area contributed by atoms with Crippen molar-refractivity contribution in [2.45, 2.75) is 26.4 Å². The third-order valence-electron chi connectivity index (χ3n) is 4.75. The van der Waals surface area contributed by atoms with Crippen molar-refractivity contribution in [1.82, 2.24) is 19.3 Å². The minimum atomic E-state index is -0.546. The molecule has 0 N–H and O–H groups in total. The summed E-state index contributed by atoms with van der Waals surface area (Å²) in [5, 5.41) is 4.32. The Hall–Kier alpha value is -3.75. The highest BCUT2D eigenvalue weighted by molar-refractivity contribution is 5.77. The second kappa shape index (κ2) is 7.94. The number of methoxy groups -OCH3 is 1. The van der Waals surface area contributed by atoms with Gasteiger partial charge >= 0.3 is 5.69 Å². The van der Waals surface area contributed by atoms with Crippen molar-refractivity contribution < 1.29 is 13.7 Å². The first kappa shape index (κ1) is 19.6. The van der Waals surface area contributed by atoms with Crippen molar-refractivity contribution in [3.8, 4) is 17.1 Å². The van der Waals surface area contributed by atoms with Crippen molar-refractivity contribution in [3.63, 3.8) is 0 Å². The fourth-order valence-electron chi connectivity index (χ4n) is 3.32. The number of rotatable bonds is 6. The summed E-state index contributed by atoms with van der Waals surface area (Å²) in [4.78, 5) is 29.9. The Morgan fingerprint density at radius 1 is 1.13 bits per heavy atom. The van der Waals surface area contributed by atoms with Crippen LogP contribution in [-0.2, 0) is 13.1 Å². The number of aromatic nitrogens is 4. The summed E-state index contributed by atoms with van der Waals surface area (Å²) in [5.41, 5.74) is 0.121. The minimum Gasteiger partial charge on any atom is -0.494 e. The fourth-order valence-corrected chi connectivity index (χ4v) is 3.32. The maximum Gasteiger partial charge on any atom is 0.331 e. The van der Waals surface area contributed by atoms with Gasteiger partial charge in [-0.15, -0.1) is 0 Å². The Bertz CT molecular complexity index is 1340. The van der Waals surface area contributed by atoms with E-state index in [1.54, 1.807) is 30.3 Å². The molecule has 9 heteroatoms. The van der Waals surface area contributed by atoms with Gasteiger partial charge in [0, 0.05) is 12.1 Å². The molecule has 0 aliphatic heterocycles. The predicted octanol–water partition coefficient (Wildman–Crippen LogP) is 2.82. The molecule has 2 aromatic heterocycles. The van der Waals surface area contributed by atoms with E-state index in [1.807, 2.05) is 6.92 Å². The standard InChI is InChI=1S/C21H19FN4O4/c1-3-10-25-20(27)14-6-4-5-7-16(14)26(21(25)28)12-18-23-19(24-30-18)13-8-9-17(29-2)15(22)11-13/h4-9,11H,3,10,12H2,1-2H3. The maximum absolute atomic E-state index is 14.0. The first-order valence-electron chi connectivity index (χ1n) is 9.42. The number of nitrogens with zero attached hydrogens (tertiary/aromatic N) is 4. The molecule has 0 amide bonds. The first-order valence-corrected chi connectivity index (χ1v) is 9.42. The van der Waals surface area contributed by atoms with Crippen molar-refractivity contribution in [3.05, 3.63) is 75.0 Å². The Balaban J connectivity index is 1.76. The molecule has 154 valence electrons. The topological polar surface area (TPSA) is 92.2 Å². The third kappa shape index (κ3) is 3.38. The van der Waals surface area contributed by atoms with Crippen molar-refractivity contribution in [2.75, 3.05) is 7.11 Å². The highest BCUT2D eigenvalue weighted by atomic mass is 19.1. The van der Waals surface area contributed by atoms with Gasteiger partial charge in [0.05, 0.1) is 18.0 Å². The van der Waals surface area contributed by atoms with Crippen LogP contribution >= 0.6 is 0 Å². The lowest BCUT2D eigenvalue weighted by molar-refractivity contribution is 0.369. The average molecular weight is 410 g/mol. The van der Waals surface area contributed by atoms with Gasteiger partial charge in [0.15, 0.2) is 11.6 Å². The number of para-hydroxylation sites is 1. The normalized spacial score (nSPS) is 11.2. The van der Waals surface area contributed by atoms with Crippen LogP contribution in [0.5, 0.6) is 5.75 Å². The molecule has 0 spiro atoms. The summed E-state index contributed by atoms with van der Waals surface area (Å²) in [5.74, 6) is -0.0881. The molecular formula is C21H19FN4O4. The van der Waals surface area contributed by atoms with Gasteiger partial charge in [0.2, 0.25) is 11.7 Å². The van der Waals surface area contributed by atoms with E-state index in [0.717, 1.165) is 0 Å². The molecule has 0 unspecified atom stereocenters. The van der Waals surface area contributed by atoms with E-state index in [-0.39, 0.29) is 29.6 Å². The molecule has 0 saturated heterocycles. The zero-order valence-electron chi connectivity index (χ0n) is 16.5. The molecule has 0 saturated carbocycles. The Morgan fingerprint density at radius 2 is 1.93 bits per heavy atom. The van der Waals surface area contributed by atoms with Crippen molar-refractivity contribution >= 4 is 10.9 Å². The molecule has 0 radical (unpaired) electrons. The van der Waals surface area contributed by atoms with E-state index >= 15 is 0 Å². The second-order valence-corrected chi connectivity index (χ2v) is 6.70. The zero-order valence-corrected chi connectivity index (χ0v) is 16.5. The van der Waals surface area contributed by atoms with Crippen molar-refractivity contribution in [1.29, 1.82) is 0 Å². The van der Waals surface area contributed by atoms with Gasteiger partial charge in [-0.05, 0) is 36.8 Å². The van der Waals surface area contributed by atoms with Gasteiger partial charge in [0.25, 0.3) is 5.56 Å². The van der Waals surface area contributed by atoms with Crippen LogP contribution in [0.15, 0.2) is 56.6 Å². The molecule has 4 aromatic rings. The maximum atomic E-state index is 14.0. The lowest BCUT2D eigenvalue weighted by Crippen LogP contribution is -2.40. The second-order valence-electron chi connectivity index (χ2n) is 6.70. The number of hydrogen-bond acceptors (Lipinski definition) is 6. The molecule has 0 aliphatic rings. The van der Waals surface area contributed by atoms with Gasteiger partial charge in [-0.3, -0.25) is 13.9 Å². The van der Waals surface area contributed by atoms with E-state index in [0.29, 0.717) is 29.4 Å². The van der Waals surface area contributed by atoms with E-state index < -0.39 is 11.5 Å². The van der Waals surface area contributed by atoms with Crippen LogP contribution in [0.2, 0.25) is 0 Å². The summed E-state index contributed by atoms with van der Waals surface area (Å²) >= 11 is 0. The third-order valence-corrected chi connectivity index (χ3v) is 4.75. The lowest BCUT2D eigenvalue weighted by atomic mass is 10.2. The van der Waals surface area contributed by atoms with Crippen LogP contribution in [0.4, 0.5) is 4.39 Å². The number of ether oxygens (including phenoxy) is 1. The zero-order chi connectivity index (χ0) is 21.3. The number of fused-ring (bicyclic) bond motifs is 1. The quantitative estimate of drug-likeness (QED) is 0.485. The molecule has 30 heavy (non-hydrogen) atoms. The fraction of sp³-hybridized carbons (Fsp3) is 0.238. The Labute approximate surface area is 170 Å². The molecule has 8 nitrogen and oxygen atoms in total. The SMILES string of the molecule is CCCn1c(=O)c2ccccc2n(Cc2nc(-c3ccc(OC)c(F)c3)no2)c1=O. The highest BCUT2D eigenvalue weighted by Gasteiger charge is 2.16. The summed E-state index contributed by atoms with van der Waals surface area (Å²) in [6, 6.07) is 11.2. The van der Waals surface area contributed by atoms with E-state index in [4.69, 9.17) is 9.26 Å². The Morgan fingerprint density at radius 3 is 2.67 bits per heavy atom. The van der Waals surface area contributed by atoms with Crippen molar-refractivity contribution in [2.24, 2.45) is 0 Å². The van der Waals surface area contributed by atoms with E-state index in [2.05, 4.69) is 10.1 Å². The number of benzene rings is 2. The average Bonchev–Trinajstić information content (AvgIpc) is 3.23. The lowest BCUT2D eigenvalue weighted by Gasteiger charge is -2.12. The van der Waals surface area contributed by atoms with Crippen LogP contribution in [0.25, 0.3) is 22.3 Å². The van der Waals surface area contributed by atoms with Gasteiger partial charge < -0.3 is 9.26 Å². The van der Waals surface area contributed by atoms with Crippen LogP contribution in [0.1, 0.15) is 19.2 Å². The van der Waals surface area contributed by atoms with Crippen LogP contribution < -0.4 is 16.0 Å². The minimum absolute atomic E-state index is 0.0189. The summed E-state index contributed by atoms with van der Waals surface area (Å²) in [6.45, 7) is 2.18. The smallest absolute Gasteiger partial charge is 0.331 e. The van der Waals surface area contributed by atoms with Gasteiger partial charge in [-0.25, -0.2) is 9.18 Å². The largest absolute Gasteiger partial charge is 0.494 e. The summed E-state index contributed by atoms with van der Waals surface area (Å²) in [7, 11) is 1.38. The Kier molecular flexibility index (Phi) is 5.18. The molecule has 2 aromatic carbocycles. The molecule has 0 bridgehead atoms. The van der Waals surface area contributed by atoms with Gasteiger partial charge in [-0.1, -0.05) is 24.2 Å². The molecule has 0 aliphatic carbocycles. The van der Waals surface area contributed by atoms with E-state index in [9.17, 15) is 14.0 Å². The summed E-state index contributed by atoms with van der Waals surface area (Å²) in [6.07, 6.45) is 0.640. The monoisotopic (exact) mass is 410 g/mol. The number of hydrogen-bond donors (Lipinski definition) is 0. The molecule has 0 atom stereocenters. The molecule has 4 rings (SSSR count).